The molecule has 3 rings (SSSR count). The summed E-state index contributed by atoms with van der Waals surface area (Å²) in [5, 5.41) is 5.66. The van der Waals surface area contributed by atoms with Crippen molar-refractivity contribution in [2.24, 2.45) is 0 Å². The average Bonchev–Trinajstić information content (AvgIpc) is 2.73. The summed E-state index contributed by atoms with van der Waals surface area (Å²) in [5.74, 6) is 0.313. The van der Waals surface area contributed by atoms with Crippen LogP contribution in [0.25, 0.3) is 0 Å². The molecule has 0 spiro atoms. The molecule has 3 aromatic rings. The Hall–Kier alpha value is -3.80. The second kappa shape index (κ2) is 8.93. The van der Waals surface area contributed by atoms with Crippen molar-refractivity contribution in [2.45, 2.75) is 6.92 Å². The normalized spacial score (nSPS) is 10.2. The smallest absolute Gasteiger partial charge is 0.257 e. The van der Waals surface area contributed by atoms with Gasteiger partial charge < -0.3 is 20.1 Å². The maximum Gasteiger partial charge on any atom is 0.257 e. The fourth-order valence-corrected chi connectivity index (χ4v) is 2.88. The number of hydrogen-bond donors (Lipinski definition) is 2. The first-order valence-corrected chi connectivity index (χ1v) is 9.02. The van der Waals surface area contributed by atoms with E-state index in [1.165, 1.54) is 14.2 Å². The second-order valence-corrected chi connectivity index (χ2v) is 6.39. The topological polar surface area (TPSA) is 76.7 Å². The highest BCUT2D eigenvalue weighted by Crippen LogP contribution is 2.28. The average molecular weight is 390 g/mol. The number of para-hydroxylation sites is 1. The van der Waals surface area contributed by atoms with Crippen molar-refractivity contribution in [3.8, 4) is 11.5 Å². The van der Waals surface area contributed by atoms with Crippen LogP contribution in [0.5, 0.6) is 11.5 Å². The van der Waals surface area contributed by atoms with E-state index in [0.29, 0.717) is 34.0 Å². The van der Waals surface area contributed by atoms with E-state index in [4.69, 9.17) is 9.47 Å². The Labute approximate surface area is 169 Å². The number of aryl methyl sites for hydroxylation is 1. The first-order valence-electron chi connectivity index (χ1n) is 9.02. The Morgan fingerprint density at radius 2 is 1.52 bits per heavy atom. The lowest BCUT2D eigenvalue weighted by Crippen LogP contribution is -2.18. The van der Waals surface area contributed by atoms with E-state index in [2.05, 4.69) is 10.6 Å². The predicted octanol–water partition coefficient (Wildman–Crippen LogP) is 4.52. The highest BCUT2D eigenvalue weighted by atomic mass is 16.5. The number of carbonyl (C=O) groups is 2. The van der Waals surface area contributed by atoms with E-state index in [1.807, 2.05) is 31.2 Å². The number of carbonyl (C=O) groups excluding carboxylic acids is 2. The van der Waals surface area contributed by atoms with E-state index >= 15 is 0 Å². The number of methoxy groups -OCH3 is 2. The minimum atomic E-state index is -0.359. The number of ether oxygens (including phenoxy) is 2. The molecule has 29 heavy (non-hydrogen) atoms. The number of anilines is 2. The van der Waals surface area contributed by atoms with Gasteiger partial charge in [-0.25, -0.2) is 0 Å². The van der Waals surface area contributed by atoms with Crippen molar-refractivity contribution in [3.05, 3.63) is 83.4 Å². The van der Waals surface area contributed by atoms with E-state index in [-0.39, 0.29) is 11.8 Å². The van der Waals surface area contributed by atoms with Gasteiger partial charge in [-0.2, -0.15) is 0 Å². The van der Waals surface area contributed by atoms with Crippen LogP contribution in [0.4, 0.5) is 11.4 Å². The molecule has 0 bridgehead atoms. The summed E-state index contributed by atoms with van der Waals surface area (Å²) in [7, 11) is 3.03. The summed E-state index contributed by atoms with van der Waals surface area (Å²) < 4.78 is 10.4. The Morgan fingerprint density at radius 3 is 2.24 bits per heavy atom. The fourth-order valence-electron chi connectivity index (χ4n) is 2.88. The Balaban J connectivity index is 1.82. The van der Waals surface area contributed by atoms with Gasteiger partial charge in [0.15, 0.2) is 11.5 Å². The van der Waals surface area contributed by atoms with Crippen LogP contribution < -0.4 is 20.1 Å². The highest BCUT2D eigenvalue weighted by Gasteiger charge is 2.16. The zero-order valence-electron chi connectivity index (χ0n) is 16.5. The van der Waals surface area contributed by atoms with E-state index in [9.17, 15) is 9.59 Å². The standard InChI is InChI=1S/C23H22N2O4/c1-15-7-6-8-17(13-15)24-23(27)18-9-4-5-10-19(18)25-22(26)16-11-12-20(28-2)21(14-16)29-3/h4-14H,1-3H3,(H,24,27)(H,25,26). The van der Waals surface area contributed by atoms with Crippen LogP contribution in [-0.4, -0.2) is 26.0 Å². The van der Waals surface area contributed by atoms with Crippen molar-refractivity contribution in [1.29, 1.82) is 0 Å². The summed E-state index contributed by atoms with van der Waals surface area (Å²) in [6.45, 7) is 1.95. The lowest BCUT2D eigenvalue weighted by atomic mass is 10.1. The zero-order valence-corrected chi connectivity index (χ0v) is 16.5. The summed E-state index contributed by atoms with van der Waals surface area (Å²) >= 11 is 0. The van der Waals surface area contributed by atoms with Gasteiger partial charge in [-0.05, 0) is 55.0 Å². The van der Waals surface area contributed by atoms with Crippen molar-refractivity contribution in [3.63, 3.8) is 0 Å². The third-order valence-corrected chi connectivity index (χ3v) is 4.34. The SMILES string of the molecule is COc1ccc(C(=O)Nc2ccccc2C(=O)Nc2cccc(C)c2)cc1OC. The third-order valence-electron chi connectivity index (χ3n) is 4.34. The van der Waals surface area contributed by atoms with Gasteiger partial charge in [-0.3, -0.25) is 9.59 Å². The largest absolute Gasteiger partial charge is 0.493 e. The maximum atomic E-state index is 12.7. The third kappa shape index (κ3) is 4.73. The van der Waals surface area contributed by atoms with Crippen LogP contribution in [0.3, 0.4) is 0 Å². The minimum absolute atomic E-state index is 0.307. The molecule has 0 atom stereocenters. The number of benzene rings is 3. The summed E-state index contributed by atoms with van der Waals surface area (Å²) in [6, 6.07) is 19.2. The molecule has 0 radical (unpaired) electrons. The first-order chi connectivity index (χ1) is 14.0. The van der Waals surface area contributed by atoms with Gasteiger partial charge >= 0.3 is 0 Å². The van der Waals surface area contributed by atoms with Crippen molar-refractivity contribution in [2.75, 3.05) is 24.9 Å². The van der Waals surface area contributed by atoms with Gasteiger partial charge in [-0.1, -0.05) is 24.3 Å². The van der Waals surface area contributed by atoms with Crippen molar-refractivity contribution >= 4 is 23.2 Å². The molecule has 0 aliphatic rings. The van der Waals surface area contributed by atoms with Gasteiger partial charge in [0, 0.05) is 11.3 Å². The van der Waals surface area contributed by atoms with E-state index < -0.39 is 0 Å². The van der Waals surface area contributed by atoms with Gasteiger partial charge in [0.05, 0.1) is 25.5 Å². The molecule has 2 amide bonds. The number of nitrogens with one attached hydrogen (secondary N) is 2. The van der Waals surface area contributed by atoms with E-state index in [0.717, 1.165) is 5.56 Å². The lowest BCUT2D eigenvalue weighted by molar-refractivity contribution is 0.102. The first kappa shape index (κ1) is 19.9. The number of amides is 2. The summed E-state index contributed by atoms with van der Waals surface area (Å²) in [4.78, 5) is 25.5. The number of rotatable bonds is 6. The molecular formula is C23H22N2O4. The molecule has 0 aliphatic carbocycles. The molecule has 0 saturated heterocycles. The Bertz CT molecular complexity index is 1050. The monoisotopic (exact) mass is 390 g/mol. The minimum Gasteiger partial charge on any atom is -0.493 e. The summed E-state index contributed by atoms with van der Waals surface area (Å²) in [6.07, 6.45) is 0. The fraction of sp³-hybridized carbons (Fsp3) is 0.130. The molecule has 2 N–H and O–H groups in total. The molecule has 3 aromatic carbocycles. The molecule has 6 heteroatoms. The maximum absolute atomic E-state index is 12.7. The second-order valence-electron chi connectivity index (χ2n) is 6.39. The van der Waals surface area contributed by atoms with Crippen LogP contribution in [0.15, 0.2) is 66.7 Å². The van der Waals surface area contributed by atoms with Crippen molar-refractivity contribution in [1.82, 2.24) is 0 Å². The molecule has 0 fully saturated rings. The Morgan fingerprint density at radius 1 is 0.759 bits per heavy atom. The van der Waals surface area contributed by atoms with Crippen LogP contribution in [-0.2, 0) is 0 Å². The zero-order chi connectivity index (χ0) is 20.8. The molecule has 6 nitrogen and oxygen atoms in total. The number of hydrogen-bond acceptors (Lipinski definition) is 4. The Kier molecular flexibility index (Phi) is 6.14. The molecule has 0 aliphatic heterocycles. The molecule has 148 valence electrons. The molecule has 0 heterocycles. The molecular weight excluding hydrogens is 368 g/mol. The molecule has 0 unspecified atom stereocenters. The van der Waals surface area contributed by atoms with Crippen LogP contribution in [0.1, 0.15) is 26.3 Å². The van der Waals surface area contributed by atoms with Gasteiger partial charge in [0.1, 0.15) is 0 Å². The van der Waals surface area contributed by atoms with Gasteiger partial charge in [-0.15, -0.1) is 0 Å². The van der Waals surface area contributed by atoms with Crippen LogP contribution in [0, 0.1) is 6.92 Å². The quantitative estimate of drug-likeness (QED) is 0.649. The lowest BCUT2D eigenvalue weighted by Gasteiger charge is -2.13. The van der Waals surface area contributed by atoms with Gasteiger partial charge in [0.25, 0.3) is 11.8 Å². The summed E-state index contributed by atoms with van der Waals surface area (Å²) in [5.41, 5.74) is 2.89. The highest BCUT2D eigenvalue weighted by molar-refractivity contribution is 6.12. The van der Waals surface area contributed by atoms with Crippen LogP contribution >= 0.6 is 0 Å². The molecule has 0 saturated carbocycles. The van der Waals surface area contributed by atoms with E-state index in [1.54, 1.807) is 42.5 Å². The van der Waals surface area contributed by atoms with Gasteiger partial charge in [0.2, 0.25) is 0 Å². The van der Waals surface area contributed by atoms with Crippen LogP contribution in [0.2, 0.25) is 0 Å². The molecule has 0 aromatic heterocycles. The predicted molar refractivity (Wildman–Crippen MR) is 113 cm³/mol. The van der Waals surface area contributed by atoms with Crippen molar-refractivity contribution < 1.29 is 19.1 Å².